The molecule has 1 aromatic carbocycles. The van der Waals surface area contributed by atoms with E-state index in [1.54, 1.807) is 17.5 Å². The van der Waals surface area contributed by atoms with Crippen molar-refractivity contribution in [3.8, 4) is 0 Å². The third kappa shape index (κ3) is 3.25. The van der Waals surface area contributed by atoms with Gasteiger partial charge in [-0.25, -0.2) is 0 Å². The largest absolute Gasteiger partial charge is 0.301 e. The Morgan fingerprint density at radius 2 is 2.17 bits per heavy atom. The molecule has 0 radical (unpaired) electrons. The number of amidine groups is 1. The Bertz CT molecular complexity index is 961. The zero-order chi connectivity index (χ0) is 16.4. The van der Waals surface area contributed by atoms with E-state index in [0.717, 1.165) is 16.5 Å². The Labute approximate surface area is 147 Å². The lowest BCUT2D eigenvalue weighted by atomic mass is 10.1. The predicted molar refractivity (Wildman–Crippen MR) is 101 cm³/mol. The van der Waals surface area contributed by atoms with Crippen LogP contribution >= 0.6 is 23.1 Å². The summed E-state index contributed by atoms with van der Waals surface area (Å²) in [5, 5.41) is 6.56. The van der Waals surface area contributed by atoms with E-state index in [0.29, 0.717) is 16.6 Å². The number of hydrogen-bond acceptors (Lipinski definition) is 5. The first-order chi connectivity index (χ1) is 11.8. The summed E-state index contributed by atoms with van der Waals surface area (Å²) >= 11 is 3.04. The van der Waals surface area contributed by atoms with E-state index in [4.69, 9.17) is 0 Å². The lowest BCUT2D eigenvalue weighted by molar-refractivity contribution is -0.115. The molecule has 0 aliphatic carbocycles. The number of fused-ring (bicyclic) bond motifs is 1. The molecule has 0 spiro atoms. The number of aromatic nitrogens is 1. The Balaban J connectivity index is 1.55. The van der Waals surface area contributed by atoms with E-state index in [1.807, 2.05) is 53.9 Å². The molecule has 118 valence electrons. The molecular formula is C18H13N3OS2. The fourth-order valence-electron chi connectivity index (χ4n) is 2.39. The molecule has 1 fully saturated rings. The normalized spacial score (nSPS) is 17.8. The maximum atomic E-state index is 12.1. The van der Waals surface area contributed by atoms with E-state index in [1.165, 1.54) is 16.6 Å². The van der Waals surface area contributed by atoms with Crippen molar-refractivity contribution in [3.05, 3.63) is 69.4 Å². The van der Waals surface area contributed by atoms with Gasteiger partial charge in [-0.1, -0.05) is 18.2 Å². The van der Waals surface area contributed by atoms with Crippen molar-refractivity contribution < 1.29 is 4.79 Å². The fraction of sp³-hybridized carbons (Fsp3) is 0.0556. The number of carbonyl (C=O) groups is 1. The lowest BCUT2D eigenvalue weighted by Crippen LogP contribution is -2.19. The number of amides is 1. The topological polar surface area (TPSA) is 54.4 Å². The first-order valence-corrected chi connectivity index (χ1v) is 9.10. The van der Waals surface area contributed by atoms with Crippen molar-refractivity contribution in [2.45, 2.75) is 6.54 Å². The van der Waals surface area contributed by atoms with Crippen LogP contribution in [0.1, 0.15) is 10.4 Å². The van der Waals surface area contributed by atoms with Gasteiger partial charge in [0.15, 0.2) is 5.17 Å². The minimum atomic E-state index is -0.101. The van der Waals surface area contributed by atoms with Gasteiger partial charge in [-0.3, -0.25) is 14.8 Å². The molecule has 6 heteroatoms. The third-order valence-corrected chi connectivity index (χ3v) is 5.34. The molecule has 3 aromatic rings. The molecule has 3 heterocycles. The molecule has 1 saturated heterocycles. The monoisotopic (exact) mass is 351 g/mol. The van der Waals surface area contributed by atoms with E-state index in [-0.39, 0.29) is 5.91 Å². The number of nitrogens with zero attached hydrogens (tertiary/aromatic N) is 2. The Morgan fingerprint density at radius 1 is 1.21 bits per heavy atom. The van der Waals surface area contributed by atoms with Gasteiger partial charge in [0.2, 0.25) is 0 Å². The summed E-state index contributed by atoms with van der Waals surface area (Å²) in [5.41, 5.74) is 1.93. The number of aliphatic imine (C=N–C) groups is 1. The number of pyridine rings is 1. The SMILES string of the molecule is O=C1NC(=NCc2cccs2)S/C1=C/c1ccc2ncccc2c1. The van der Waals surface area contributed by atoms with Crippen molar-refractivity contribution in [2.24, 2.45) is 4.99 Å². The predicted octanol–water partition coefficient (Wildman–Crippen LogP) is 4.06. The summed E-state index contributed by atoms with van der Waals surface area (Å²) in [5.74, 6) is -0.101. The molecule has 1 amide bonds. The Hall–Kier alpha value is -2.44. The van der Waals surface area contributed by atoms with E-state index in [2.05, 4.69) is 15.3 Å². The van der Waals surface area contributed by atoms with E-state index >= 15 is 0 Å². The highest BCUT2D eigenvalue weighted by Gasteiger charge is 2.23. The van der Waals surface area contributed by atoms with Crippen LogP contribution in [0.2, 0.25) is 0 Å². The number of rotatable bonds is 3. The molecule has 1 aliphatic rings. The van der Waals surface area contributed by atoms with Crippen LogP contribution in [0.15, 0.2) is 63.9 Å². The molecule has 1 N–H and O–H groups in total. The second-order valence-corrected chi connectivity index (χ2v) is 7.28. The Kier molecular flexibility index (Phi) is 4.15. The maximum absolute atomic E-state index is 12.1. The van der Waals surface area contributed by atoms with Crippen LogP contribution in [0.25, 0.3) is 17.0 Å². The molecule has 4 nitrogen and oxygen atoms in total. The second-order valence-electron chi connectivity index (χ2n) is 5.22. The molecule has 2 aromatic heterocycles. The van der Waals surface area contributed by atoms with E-state index < -0.39 is 0 Å². The average molecular weight is 351 g/mol. The minimum Gasteiger partial charge on any atom is -0.301 e. The number of thioether (sulfide) groups is 1. The highest BCUT2D eigenvalue weighted by atomic mass is 32.2. The van der Waals surface area contributed by atoms with Crippen LogP contribution in [0, 0.1) is 0 Å². The quantitative estimate of drug-likeness (QED) is 0.724. The van der Waals surface area contributed by atoms with Crippen molar-refractivity contribution in [1.29, 1.82) is 0 Å². The van der Waals surface area contributed by atoms with Gasteiger partial charge in [-0.15, -0.1) is 11.3 Å². The number of nitrogens with one attached hydrogen (secondary N) is 1. The lowest BCUT2D eigenvalue weighted by Gasteiger charge is -1.99. The van der Waals surface area contributed by atoms with Gasteiger partial charge in [-0.2, -0.15) is 0 Å². The zero-order valence-corrected chi connectivity index (χ0v) is 14.2. The van der Waals surface area contributed by atoms with Gasteiger partial charge in [0.1, 0.15) is 0 Å². The van der Waals surface area contributed by atoms with Crippen LogP contribution in [0.3, 0.4) is 0 Å². The van der Waals surface area contributed by atoms with Crippen LogP contribution in [-0.4, -0.2) is 16.1 Å². The Morgan fingerprint density at radius 3 is 3.04 bits per heavy atom. The third-order valence-electron chi connectivity index (χ3n) is 3.53. The summed E-state index contributed by atoms with van der Waals surface area (Å²) in [7, 11) is 0. The number of carbonyl (C=O) groups excluding carboxylic acids is 1. The second kappa shape index (κ2) is 6.59. The van der Waals surface area contributed by atoms with Gasteiger partial charge in [0.05, 0.1) is 17.0 Å². The minimum absolute atomic E-state index is 0.101. The van der Waals surface area contributed by atoms with Gasteiger partial charge in [0, 0.05) is 16.5 Å². The van der Waals surface area contributed by atoms with Gasteiger partial charge < -0.3 is 5.32 Å². The van der Waals surface area contributed by atoms with E-state index in [9.17, 15) is 4.79 Å². The van der Waals surface area contributed by atoms with Crippen LogP contribution in [0.4, 0.5) is 0 Å². The van der Waals surface area contributed by atoms with Crippen LogP contribution in [0.5, 0.6) is 0 Å². The van der Waals surface area contributed by atoms with Gasteiger partial charge in [0.25, 0.3) is 5.91 Å². The van der Waals surface area contributed by atoms with Gasteiger partial charge in [-0.05, 0) is 53.0 Å². The van der Waals surface area contributed by atoms with Crippen LogP contribution in [-0.2, 0) is 11.3 Å². The zero-order valence-electron chi connectivity index (χ0n) is 12.6. The molecule has 1 aliphatic heterocycles. The molecular weight excluding hydrogens is 338 g/mol. The summed E-state index contributed by atoms with van der Waals surface area (Å²) < 4.78 is 0. The summed E-state index contributed by atoms with van der Waals surface area (Å²) in [6, 6.07) is 13.9. The number of hydrogen-bond donors (Lipinski definition) is 1. The van der Waals surface area contributed by atoms with Crippen molar-refractivity contribution in [1.82, 2.24) is 10.3 Å². The number of benzene rings is 1. The first-order valence-electron chi connectivity index (χ1n) is 7.40. The summed E-state index contributed by atoms with van der Waals surface area (Å²) in [6.45, 7) is 0.592. The molecule has 0 atom stereocenters. The summed E-state index contributed by atoms with van der Waals surface area (Å²) in [6.07, 6.45) is 3.66. The molecule has 0 saturated carbocycles. The first kappa shape index (κ1) is 15.1. The average Bonchev–Trinajstić information content (AvgIpc) is 3.23. The fourth-order valence-corrected chi connectivity index (χ4v) is 3.84. The smallest absolute Gasteiger partial charge is 0.264 e. The van der Waals surface area contributed by atoms with Crippen molar-refractivity contribution in [3.63, 3.8) is 0 Å². The van der Waals surface area contributed by atoms with Crippen LogP contribution < -0.4 is 5.32 Å². The molecule has 0 bridgehead atoms. The van der Waals surface area contributed by atoms with Crippen molar-refractivity contribution in [2.75, 3.05) is 0 Å². The molecule has 24 heavy (non-hydrogen) atoms. The highest BCUT2D eigenvalue weighted by molar-refractivity contribution is 8.18. The highest BCUT2D eigenvalue weighted by Crippen LogP contribution is 2.27. The molecule has 0 unspecified atom stereocenters. The standard InChI is InChI=1S/C18H13N3OS2/c22-17-16(24-18(21-17)20-11-14-4-2-8-23-14)10-12-5-6-15-13(9-12)3-1-7-19-15/h1-10H,11H2,(H,20,21,22)/b16-10+. The maximum Gasteiger partial charge on any atom is 0.264 e. The van der Waals surface area contributed by atoms with Crippen molar-refractivity contribution >= 4 is 51.2 Å². The number of thiophene rings is 1. The van der Waals surface area contributed by atoms with Gasteiger partial charge >= 0.3 is 0 Å². The summed E-state index contributed by atoms with van der Waals surface area (Å²) in [4.78, 5) is 22.7. The molecule has 4 rings (SSSR count).